The molecule has 7 heteroatoms. The molecule has 1 aromatic heterocycles. The van der Waals surface area contributed by atoms with Crippen molar-refractivity contribution in [2.75, 3.05) is 19.6 Å². The number of carbonyl (C=O) groups is 2. The van der Waals surface area contributed by atoms with Crippen molar-refractivity contribution in [1.82, 2.24) is 19.7 Å². The Morgan fingerprint density at radius 1 is 1.16 bits per heavy atom. The predicted octanol–water partition coefficient (Wildman–Crippen LogP) is 3.68. The fourth-order valence-corrected chi connectivity index (χ4v) is 4.89. The first kappa shape index (κ1) is 21.6. The van der Waals surface area contributed by atoms with Crippen LogP contribution in [0.2, 0.25) is 0 Å². The smallest absolute Gasteiger partial charge is 0.276 e. The quantitative estimate of drug-likeness (QED) is 0.572. The van der Waals surface area contributed by atoms with Gasteiger partial charge in [0.1, 0.15) is 12.2 Å². The summed E-state index contributed by atoms with van der Waals surface area (Å²) in [6.45, 7) is 6.57. The number of carbonyl (C=O) groups excluding carboxylic acids is 2. The van der Waals surface area contributed by atoms with Crippen molar-refractivity contribution in [3.63, 3.8) is 0 Å². The lowest BCUT2D eigenvalue weighted by Gasteiger charge is -2.21. The summed E-state index contributed by atoms with van der Waals surface area (Å²) in [6.07, 6.45) is 9.30. The third kappa shape index (κ3) is 4.24. The van der Waals surface area contributed by atoms with E-state index >= 15 is 0 Å². The molecule has 2 fully saturated rings. The molecule has 2 amide bonds. The van der Waals surface area contributed by atoms with Crippen LogP contribution in [0.4, 0.5) is 0 Å². The Balaban J connectivity index is 1.71. The van der Waals surface area contributed by atoms with Gasteiger partial charge >= 0.3 is 0 Å². The summed E-state index contributed by atoms with van der Waals surface area (Å²) in [5.74, 6) is 0.0537. The van der Waals surface area contributed by atoms with Crippen molar-refractivity contribution in [3.8, 4) is 0 Å². The average molecular weight is 439 g/mol. The molecule has 0 aliphatic carbocycles. The third-order valence-corrected chi connectivity index (χ3v) is 6.56. The van der Waals surface area contributed by atoms with Gasteiger partial charge < -0.3 is 14.8 Å². The number of para-hydroxylation sites is 1. The molecule has 0 unspecified atom stereocenters. The van der Waals surface area contributed by atoms with Crippen LogP contribution in [-0.2, 0) is 22.6 Å². The molecule has 2 aliphatic heterocycles. The fourth-order valence-electron chi connectivity index (χ4n) is 4.57. The van der Waals surface area contributed by atoms with Crippen LogP contribution >= 0.6 is 12.2 Å². The molecule has 0 radical (unpaired) electrons. The summed E-state index contributed by atoms with van der Waals surface area (Å²) in [6, 6.07) is 6.21. The number of fused-ring (bicyclic) bond motifs is 1. The molecule has 2 aliphatic rings. The zero-order valence-corrected chi connectivity index (χ0v) is 19.1. The lowest BCUT2D eigenvalue weighted by atomic mass is 10.1. The van der Waals surface area contributed by atoms with Gasteiger partial charge in [-0.15, -0.1) is 0 Å². The number of amides is 2. The van der Waals surface area contributed by atoms with Crippen molar-refractivity contribution in [3.05, 3.63) is 41.2 Å². The highest BCUT2D eigenvalue weighted by Crippen LogP contribution is 2.28. The number of nitrogens with one attached hydrogen (secondary N) is 1. The van der Waals surface area contributed by atoms with Gasteiger partial charge in [-0.2, -0.15) is 0 Å². The molecular formula is C24H30N4O2S. The number of likely N-dealkylation sites (N-methyl/N-ethyl adjacent to an activating group) is 1. The Kier molecular flexibility index (Phi) is 6.41. The van der Waals surface area contributed by atoms with E-state index in [0.717, 1.165) is 48.8 Å². The number of hydrogen-bond acceptors (Lipinski definition) is 3. The van der Waals surface area contributed by atoms with E-state index < -0.39 is 0 Å². The second kappa shape index (κ2) is 9.22. The number of nitrogens with zero attached hydrogens (tertiary/aromatic N) is 3. The SMILES string of the molecule is CCc1cccc2c(C=C3NC(=S)N(CC)C3=O)cn(CC(=O)N3CCCCCC3)c12. The summed E-state index contributed by atoms with van der Waals surface area (Å²) in [5, 5.41) is 4.52. The van der Waals surface area contributed by atoms with Gasteiger partial charge in [0, 0.05) is 36.8 Å². The van der Waals surface area contributed by atoms with Crippen LogP contribution in [0.25, 0.3) is 17.0 Å². The van der Waals surface area contributed by atoms with Gasteiger partial charge in [-0.3, -0.25) is 14.5 Å². The predicted molar refractivity (Wildman–Crippen MR) is 127 cm³/mol. The van der Waals surface area contributed by atoms with Crippen molar-refractivity contribution >= 4 is 46.1 Å². The van der Waals surface area contributed by atoms with Crippen LogP contribution < -0.4 is 5.32 Å². The molecule has 0 saturated carbocycles. The van der Waals surface area contributed by atoms with E-state index in [-0.39, 0.29) is 11.8 Å². The maximum Gasteiger partial charge on any atom is 0.276 e. The van der Waals surface area contributed by atoms with Crippen LogP contribution in [0.15, 0.2) is 30.1 Å². The normalized spacial score (nSPS) is 18.7. The first-order valence-corrected chi connectivity index (χ1v) is 11.7. The first-order chi connectivity index (χ1) is 15.0. The molecule has 0 atom stereocenters. The number of rotatable bonds is 5. The molecule has 1 N–H and O–H groups in total. The Morgan fingerprint density at radius 2 is 1.90 bits per heavy atom. The Morgan fingerprint density at radius 3 is 2.55 bits per heavy atom. The minimum atomic E-state index is -0.110. The topological polar surface area (TPSA) is 57.6 Å². The van der Waals surface area contributed by atoms with Crippen LogP contribution in [0.3, 0.4) is 0 Å². The number of hydrogen-bond donors (Lipinski definition) is 1. The number of likely N-dealkylation sites (tertiary alicyclic amines) is 1. The maximum atomic E-state index is 13.1. The van der Waals surface area contributed by atoms with Gasteiger partial charge in [-0.05, 0) is 50.0 Å². The minimum Gasteiger partial charge on any atom is -0.341 e. The minimum absolute atomic E-state index is 0.110. The molecule has 1 aromatic carbocycles. The van der Waals surface area contributed by atoms with E-state index in [1.165, 1.54) is 18.4 Å². The molecular weight excluding hydrogens is 408 g/mol. The van der Waals surface area contributed by atoms with Gasteiger partial charge in [0.15, 0.2) is 5.11 Å². The standard InChI is InChI=1S/C24H30N4O2S/c1-3-17-10-9-11-19-18(14-20-23(30)28(4-2)24(31)25-20)15-27(22(17)19)16-21(29)26-12-7-5-6-8-13-26/h9-11,14-15H,3-8,12-13,16H2,1-2H3,(H,25,31). The number of benzene rings is 1. The molecule has 6 nitrogen and oxygen atoms in total. The molecule has 164 valence electrons. The zero-order chi connectivity index (χ0) is 22.0. The molecule has 0 bridgehead atoms. The fraction of sp³-hybridized carbons (Fsp3) is 0.458. The van der Waals surface area contributed by atoms with E-state index in [9.17, 15) is 9.59 Å². The molecule has 4 rings (SSSR count). The van der Waals surface area contributed by atoms with Gasteiger partial charge in [0.25, 0.3) is 5.91 Å². The van der Waals surface area contributed by atoms with Gasteiger partial charge in [0.05, 0.1) is 5.52 Å². The second-order valence-electron chi connectivity index (χ2n) is 8.21. The molecule has 2 saturated heterocycles. The lowest BCUT2D eigenvalue weighted by Crippen LogP contribution is -2.34. The summed E-state index contributed by atoms with van der Waals surface area (Å²) >= 11 is 5.29. The second-order valence-corrected chi connectivity index (χ2v) is 8.60. The summed E-state index contributed by atoms with van der Waals surface area (Å²) in [7, 11) is 0. The van der Waals surface area contributed by atoms with Gasteiger partial charge in [-0.25, -0.2) is 0 Å². The van der Waals surface area contributed by atoms with Crippen LogP contribution in [0.5, 0.6) is 0 Å². The highest BCUT2D eigenvalue weighted by molar-refractivity contribution is 7.80. The van der Waals surface area contributed by atoms with Gasteiger partial charge in [0.2, 0.25) is 5.91 Å². The number of aromatic nitrogens is 1. The molecule has 3 heterocycles. The molecule has 0 spiro atoms. The van der Waals surface area contributed by atoms with E-state index in [1.54, 1.807) is 4.90 Å². The highest BCUT2D eigenvalue weighted by atomic mass is 32.1. The van der Waals surface area contributed by atoms with E-state index in [4.69, 9.17) is 12.2 Å². The largest absolute Gasteiger partial charge is 0.341 e. The van der Waals surface area contributed by atoms with E-state index in [2.05, 4.69) is 28.9 Å². The Hall–Kier alpha value is -2.67. The van der Waals surface area contributed by atoms with Crippen LogP contribution in [0, 0.1) is 0 Å². The lowest BCUT2D eigenvalue weighted by molar-refractivity contribution is -0.131. The average Bonchev–Trinajstić information content (AvgIpc) is 3.08. The number of aryl methyl sites for hydroxylation is 1. The zero-order valence-electron chi connectivity index (χ0n) is 18.3. The van der Waals surface area contributed by atoms with Crippen molar-refractivity contribution in [2.45, 2.75) is 52.5 Å². The maximum absolute atomic E-state index is 13.1. The van der Waals surface area contributed by atoms with Crippen molar-refractivity contribution in [1.29, 1.82) is 0 Å². The van der Waals surface area contributed by atoms with Crippen molar-refractivity contribution in [2.24, 2.45) is 0 Å². The third-order valence-electron chi connectivity index (χ3n) is 6.24. The Bertz CT molecular complexity index is 1050. The van der Waals surface area contributed by atoms with Crippen molar-refractivity contribution < 1.29 is 9.59 Å². The molecule has 31 heavy (non-hydrogen) atoms. The molecule has 2 aromatic rings. The summed E-state index contributed by atoms with van der Waals surface area (Å²) in [5.41, 5.74) is 3.67. The summed E-state index contributed by atoms with van der Waals surface area (Å²) in [4.78, 5) is 29.3. The van der Waals surface area contributed by atoms with Gasteiger partial charge in [-0.1, -0.05) is 38.0 Å². The first-order valence-electron chi connectivity index (χ1n) is 11.3. The van der Waals surface area contributed by atoms with Crippen LogP contribution in [0.1, 0.15) is 50.7 Å². The van der Waals surface area contributed by atoms with E-state index in [0.29, 0.717) is 23.9 Å². The van der Waals surface area contributed by atoms with Crippen LogP contribution in [-0.4, -0.2) is 50.9 Å². The van der Waals surface area contributed by atoms with E-state index in [1.807, 2.05) is 30.2 Å². The monoisotopic (exact) mass is 438 g/mol. The Labute approximate surface area is 188 Å². The summed E-state index contributed by atoms with van der Waals surface area (Å²) < 4.78 is 2.06. The number of thiocarbonyl (C=S) groups is 1. The highest BCUT2D eigenvalue weighted by Gasteiger charge is 2.29.